The Morgan fingerprint density at radius 2 is 0.951 bits per heavy atom. The molecule has 61 heavy (non-hydrogen) atoms. The van der Waals surface area contributed by atoms with E-state index in [-0.39, 0.29) is 0 Å². The lowest BCUT2D eigenvalue weighted by molar-refractivity contribution is 0.670. The number of hydrogen-bond donors (Lipinski definition) is 0. The van der Waals surface area contributed by atoms with Gasteiger partial charge in [-0.3, -0.25) is 0 Å². The maximum Gasteiger partial charge on any atom is 0.143 e. The van der Waals surface area contributed by atoms with Gasteiger partial charge < -0.3 is 9.32 Å². The van der Waals surface area contributed by atoms with Crippen molar-refractivity contribution in [2.45, 2.75) is 0 Å². The molecule has 0 unspecified atom stereocenters. The number of thiophene rings is 1. The van der Waals surface area contributed by atoms with E-state index in [1.165, 1.54) is 58.8 Å². The minimum absolute atomic E-state index is 0.892. The van der Waals surface area contributed by atoms with Gasteiger partial charge in [0.2, 0.25) is 0 Å². The summed E-state index contributed by atoms with van der Waals surface area (Å²) in [6, 6.07) is 81.1. The third kappa shape index (κ3) is 6.01. The Morgan fingerprint density at radius 1 is 0.344 bits per heavy atom. The molecule has 12 aromatic rings. The van der Waals surface area contributed by atoms with Gasteiger partial charge in [0, 0.05) is 43.1 Å². The molecule has 2 heterocycles. The van der Waals surface area contributed by atoms with E-state index in [1.54, 1.807) is 0 Å². The van der Waals surface area contributed by atoms with Crippen LogP contribution in [0.25, 0.3) is 97.4 Å². The molecule has 0 saturated heterocycles. The van der Waals surface area contributed by atoms with Crippen LogP contribution in [0.3, 0.4) is 0 Å². The molecule has 0 N–H and O–H groups in total. The van der Waals surface area contributed by atoms with Crippen LogP contribution in [-0.4, -0.2) is 0 Å². The lowest BCUT2D eigenvalue weighted by atomic mass is 9.91. The Labute approximate surface area is 357 Å². The molecule has 0 aliphatic heterocycles. The molecule has 0 fully saturated rings. The van der Waals surface area contributed by atoms with E-state index >= 15 is 0 Å². The number of benzene rings is 10. The van der Waals surface area contributed by atoms with Gasteiger partial charge in [0.25, 0.3) is 0 Å². The first-order valence-corrected chi connectivity index (χ1v) is 21.6. The van der Waals surface area contributed by atoms with E-state index in [0.717, 1.165) is 55.7 Å². The number of furan rings is 1. The highest BCUT2D eigenvalue weighted by Gasteiger charge is 2.23. The number of hydrogen-bond acceptors (Lipinski definition) is 3. The molecule has 2 aromatic heterocycles. The fourth-order valence-corrected chi connectivity index (χ4v) is 10.4. The first-order valence-electron chi connectivity index (χ1n) is 20.7. The Bertz CT molecular complexity index is 3580. The molecule has 0 bridgehead atoms. The summed E-state index contributed by atoms with van der Waals surface area (Å²) in [7, 11) is 0. The van der Waals surface area contributed by atoms with Gasteiger partial charge in [0.1, 0.15) is 11.2 Å². The summed E-state index contributed by atoms with van der Waals surface area (Å²) in [6.45, 7) is 0. The first-order chi connectivity index (χ1) is 30.2. The second-order valence-corrected chi connectivity index (χ2v) is 16.7. The standard InChI is InChI=1S/C58H37NOS/c1-3-15-39(16-4-1)45-34-31-43(35-51(45)40-17-5-2-6-18-40)38-29-32-44(33-30-38)59(54-27-14-25-50-47-22-10-12-28-56(47)61-58(50)54)53-26-11-9-21-46(53)48-23-13-24-49-52-36-41-19-7-8-20-42(41)37-55(52)60-57(48)49/h1-37H. The van der Waals surface area contributed by atoms with Crippen LogP contribution in [0.15, 0.2) is 229 Å². The third-order valence-electron chi connectivity index (χ3n) is 12.1. The van der Waals surface area contributed by atoms with Gasteiger partial charge in [0.05, 0.1) is 16.1 Å². The number of rotatable bonds is 7. The van der Waals surface area contributed by atoms with Crippen LogP contribution in [0.5, 0.6) is 0 Å². The van der Waals surface area contributed by atoms with E-state index in [9.17, 15) is 0 Å². The molecule has 0 atom stereocenters. The average Bonchev–Trinajstić information content (AvgIpc) is 3.90. The minimum Gasteiger partial charge on any atom is -0.455 e. The van der Waals surface area contributed by atoms with Crippen molar-refractivity contribution in [1.82, 2.24) is 0 Å². The van der Waals surface area contributed by atoms with Crippen LogP contribution < -0.4 is 4.90 Å². The second kappa shape index (κ2) is 14.5. The van der Waals surface area contributed by atoms with Crippen LogP contribution in [0, 0.1) is 0 Å². The van der Waals surface area contributed by atoms with Crippen LogP contribution >= 0.6 is 11.3 Å². The molecule has 0 saturated carbocycles. The zero-order chi connectivity index (χ0) is 40.3. The summed E-state index contributed by atoms with van der Waals surface area (Å²) in [5, 5.41) is 7.16. The smallest absolute Gasteiger partial charge is 0.143 e. The normalized spacial score (nSPS) is 11.6. The van der Waals surface area contributed by atoms with Crippen LogP contribution in [-0.2, 0) is 0 Å². The lowest BCUT2D eigenvalue weighted by Crippen LogP contribution is -2.11. The van der Waals surface area contributed by atoms with E-state index in [2.05, 4.69) is 229 Å². The first kappa shape index (κ1) is 35.2. The van der Waals surface area contributed by atoms with Crippen molar-refractivity contribution in [3.63, 3.8) is 0 Å². The fourth-order valence-electron chi connectivity index (χ4n) is 9.16. The zero-order valence-electron chi connectivity index (χ0n) is 33.1. The van der Waals surface area contributed by atoms with Gasteiger partial charge in [-0.2, -0.15) is 0 Å². The van der Waals surface area contributed by atoms with Crippen molar-refractivity contribution >= 4 is 81.3 Å². The summed E-state index contributed by atoms with van der Waals surface area (Å²) < 4.78 is 9.36. The molecule has 0 spiro atoms. The van der Waals surface area contributed by atoms with Gasteiger partial charge in [-0.25, -0.2) is 0 Å². The number of anilines is 3. The monoisotopic (exact) mass is 795 g/mol. The van der Waals surface area contributed by atoms with Crippen LogP contribution in [0.4, 0.5) is 17.1 Å². The van der Waals surface area contributed by atoms with Crippen molar-refractivity contribution < 1.29 is 4.42 Å². The SMILES string of the molecule is c1ccc(-c2ccc(-c3ccc(N(c4ccccc4-c4cccc5c4oc4cc6ccccc6cc45)c4cccc5c4sc4ccccc45)cc3)cc2-c2ccccc2)cc1. The van der Waals surface area contributed by atoms with Crippen molar-refractivity contribution in [3.05, 3.63) is 224 Å². The van der Waals surface area contributed by atoms with Crippen molar-refractivity contribution in [3.8, 4) is 44.5 Å². The summed E-state index contributed by atoms with van der Waals surface area (Å²) in [5.41, 5.74) is 14.4. The molecule has 12 rings (SSSR count). The molecular weight excluding hydrogens is 759 g/mol. The molecule has 3 heteroatoms. The molecular formula is C58H37NOS. The largest absolute Gasteiger partial charge is 0.455 e. The Kier molecular flexibility index (Phi) is 8.39. The zero-order valence-corrected chi connectivity index (χ0v) is 33.9. The van der Waals surface area contributed by atoms with E-state index in [0.29, 0.717) is 0 Å². The maximum atomic E-state index is 6.83. The predicted molar refractivity (Wildman–Crippen MR) is 261 cm³/mol. The maximum absolute atomic E-state index is 6.83. The van der Waals surface area contributed by atoms with Crippen molar-refractivity contribution in [1.29, 1.82) is 0 Å². The molecule has 10 aromatic carbocycles. The third-order valence-corrected chi connectivity index (χ3v) is 13.3. The molecule has 0 aliphatic carbocycles. The Morgan fingerprint density at radius 3 is 1.77 bits per heavy atom. The number of nitrogens with zero attached hydrogens (tertiary/aromatic N) is 1. The molecule has 0 amide bonds. The van der Waals surface area contributed by atoms with Crippen molar-refractivity contribution in [2.24, 2.45) is 0 Å². The van der Waals surface area contributed by atoms with E-state index < -0.39 is 0 Å². The predicted octanol–water partition coefficient (Wildman–Crippen LogP) is 17.2. The average molecular weight is 796 g/mol. The number of fused-ring (bicyclic) bond motifs is 7. The van der Waals surface area contributed by atoms with Gasteiger partial charge >= 0.3 is 0 Å². The minimum atomic E-state index is 0.892. The Balaban J connectivity index is 1.04. The van der Waals surface area contributed by atoms with Gasteiger partial charge in [-0.1, -0.05) is 176 Å². The quantitative estimate of drug-likeness (QED) is 0.160. The van der Waals surface area contributed by atoms with Gasteiger partial charge in [0.15, 0.2) is 0 Å². The molecule has 0 aliphatic rings. The van der Waals surface area contributed by atoms with E-state index in [4.69, 9.17) is 4.42 Å². The van der Waals surface area contributed by atoms with Gasteiger partial charge in [-0.15, -0.1) is 11.3 Å². The molecule has 2 nitrogen and oxygen atoms in total. The summed E-state index contributed by atoms with van der Waals surface area (Å²) >= 11 is 1.85. The number of para-hydroxylation sites is 2. The fraction of sp³-hybridized carbons (Fsp3) is 0. The van der Waals surface area contributed by atoms with Gasteiger partial charge in [-0.05, 0) is 92.7 Å². The highest BCUT2D eigenvalue weighted by molar-refractivity contribution is 7.26. The van der Waals surface area contributed by atoms with Crippen LogP contribution in [0.1, 0.15) is 0 Å². The van der Waals surface area contributed by atoms with Crippen LogP contribution in [0.2, 0.25) is 0 Å². The van der Waals surface area contributed by atoms with E-state index in [1.807, 2.05) is 11.3 Å². The highest BCUT2D eigenvalue weighted by Crippen LogP contribution is 2.49. The lowest BCUT2D eigenvalue weighted by Gasteiger charge is -2.28. The molecule has 0 radical (unpaired) electrons. The summed E-state index contributed by atoms with van der Waals surface area (Å²) in [6.07, 6.45) is 0. The Hall–Kier alpha value is -7.72. The second-order valence-electron chi connectivity index (χ2n) is 15.6. The molecule has 286 valence electrons. The summed E-state index contributed by atoms with van der Waals surface area (Å²) in [4.78, 5) is 2.44. The highest BCUT2D eigenvalue weighted by atomic mass is 32.1. The summed E-state index contributed by atoms with van der Waals surface area (Å²) in [5.74, 6) is 0. The van der Waals surface area contributed by atoms with Crippen molar-refractivity contribution in [2.75, 3.05) is 4.90 Å². The topological polar surface area (TPSA) is 16.4 Å².